The molecule has 4 heteroatoms. The van der Waals surface area contributed by atoms with E-state index >= 15 is 0 Å². The third-order valence-electron chi connectivity index (χ3n) is 3.15. The van der Waals surface area contributed by atoms with E-state index in [1.54, 1.807) is 0 Å². The summed E-state index contributed by atoms with van der Waals surface area (Å²) in [5, 5.41) is 2.70. The molecule has 90 valence electrons. The van der Waals surface area contributed by atoms with E-state index in [0.29, 0.717) is 10.9 Å². The molecule has 0 fully saturated rings. The summed E-state index contributed by atoms with van der Waals surface area (Å²) in [5.41, 5.74) is 7.24. The van der Waals surface area contributed by atoms with E-state index in [1.165, 1.54) is 5.56 Å². The van der Waals surface area contributed by atoms with Crippen molar-refractivity contribution in [1.82, 2.24) is 9.97 Å². The van der Waals surface area contributed by atoms with Gasteiger partial charge in [0.1, 0.15) is 0 Å². The number of aryl methyl sites for hydroxylation is 1. The van der Waals surface area contributed by atoms with E-state index in [9.17, 15) is 4.79 Å². The Morgan fingerprint density at radius 1 is 1.22 bits per heavy atom. The molecular formula is C14H13N3O. The molecule has 0 saturated heterocycles. The zero-order valence-electron chi connectivity index (χ0n) is 10.0. The van der Waals surface area contributed by atoms with E-state index in [-0.39, 0.29) is 11.5 Å². The molecule has 2 aromatic carbocycles. The van der Waals surface area contributed by atoms with Crippen molar-refractivity contribution in [3.05, 3.63) is 46.2 Å². The van der Waals surface area contributed by atoms with Crippen molar-refractivity contribution < 1.29 is 0 Å². The summed E-state index contributed by atoms with van der Waals surface area (Å²) < 4.78 is 0. The Morgan fingerprint density at radius 2 is 2.06 bits per heavy atom. The van der Waals surface area contributed by atoms with Crippen LogP contribution in [0.15, 0.2) is 35.1 Å². The van der Waals surface area contributed by atoms with Gasteiger partial charge >= 0.3 is 0 Å². The number of hydrogen-bond acceptors (Lipinski definition) is 3. The van der Waals surface area contributed by atoms with Gasteiger partial charge in [0.15, 0.2) is 0 Å². The lowest BCUT2D eigenvalue weighted by Gasteiger charge is -2.04. The maximum atomic E-state index is 11.8. The second-order valence-electron chi connectivity index (χ2n) is 4.36. The molecule has 3 aromatic rings. The molecule has 0 amide bonds. The normalized spacial score (nSPS) is 11.2. The van der Waals surface area contributed by atoms with Crippen LogP contribution in [0.5, 0.6) is 0 Å². The van der Waals surface area contributed by atoms with E-state index < -0.39 is 0 Å². The first kappa shape index (κ1) is 10.8. The SMILES string of the molecule is CCc1ccc2cc3nc(N)[nH]c(=O)c3cc2c1. The number of nitrogens with one attached hydrogen (secondary N) is 1. The molecular weight excluding hydrogens is 226 g/mol. The summed E-state index contributed by atoms with van der Waals surface area (Å²) in [6, 6.07) is 10.0. The largest absolute Gasteiger partial charge is 0.369 e. The number of anilines is 1. The van der Waals surface area contributed by atoms with E-state index in [0.717, 1.165) is 17.2 Å². The Balaban J connectivity index is 2.43. The summed E-state index contributed by atoms with van der Waals surface area (Å²) >= 11 is 0. The molecule has 0 aliphatic rings. The van der Waals surface area contributed by atoms with Crippen LogP contribution in [0, 0.1) is 0 Å². The fourth-order valence-electron chi connectivity index (χ4n) is 2.17. The third kappa shape index (κ3) is 1.62. The molecule has 0 spiro atoms. The Kier molecular flexibility index (Phi) is 2.30. The van der Waals surface area contributed by atoms with Gasteiger partial charge < -0.3 is 5.73 Å². The van der Waals surface area contributed by atoms with Crippen molar-refractivity contribution in [2.24, 2.45) is 0 Å². The highest BCUT2D eigenvalue weighted by Crippen LogP contribution is 2.21. The number of aromatic amines is 1. The molecule has 0 unspecified atom stereocenters. The van der Waals surface area contributed by atoms with Crippen LogP contribution in [0.3, 0.4) is 0 Å². The fraction of sp³-hybridized carbons (Fsp3) is 0.143. The quantitative estimate of drug-likeness (QED) is 0.639. The lowest BCUT2D eigenvalue weighted by Crippen LogP contribution is -2.11. The second-order valence-corrected chi connectivity index (χ2v) is 4.36. The first-order valence-corrected chi connectivity index (χ1v) is 5.89. The second kappa shape index (κ2) is 3.84. The number of fused-ring (bicyclic) bond motifs is 2. The average molecular weight is 239 g/mol. The van der Waals surface area contributed by atoms with Gasteiger partial charge in [-0.25, -0.2) is 4.98 Å². The number of nitrogen functional groups attached to an aromatic ring is 1. The van der Waals surface area contributed by atoms with Crippen molar-refractivity contribution in [1.29, 1.82) is 0 Å². The smallest absolute Gasteiger partial charge is 0.260 e. The molecule has 0 saturated carbocycles. The lowest BCUT2D eigenvalue weighted by atomic mass is 10.0. The Bertz CT molecular complexity index is 805. The predicted octanol–water partition coefficient (Wildman–Crippen LogP) is 2.22. The van der Waals surface area contributed by atoms with Crippen LogP contribution in [-0.4, -0.2) is 9.97 Å². The molecule has 0 atom stereocenters. The van der Waals surface area contributed by atoms with Crippen LogP contribution in [-0.2, 0) is 6.42 Å². The minimum absolute atomic E-state index is 0.150. The van der Waals surface area contributed by atoms with Crippen LogP contribution in [0.25, 0.3) is 21.7 Å². The van der Waals surface area contributed by atoms with Crippen molar-refractivity contribution in [2.45, 2.75) is 13.3 Å². The topological polar surface area (TPSA) is 71.8 Å². The molecule has 0 aliphatic heterocycles. The zero-order valence-corrected chi connectivity index (χ0v) is 10.0. The van der Waals surface area contributed by atoms with E-state index in [1.807, 2.05) is 18.2 Å². The molecule has 18 heavy (non-hydrogen) atoms. The van der Waals surface area contributed by atoms with E-state index in [4.69, 9.17) is 5.73 Å². The van der Waals surface area contributed by atoms with Crippen LogP contribution in [0.2, 0.25) is 0 Å². The molecule has 0 aliphatic carbocycles. The number of nitrogens with zero attached hydrogens (tertiary/aromatic N) is 1. The number of rotatable bonds is 1. The maximum Gasteiger partial charge on any atom is 0.260 e. The first-order chi connectivity index (χ1) is 8.67. The molecule has 3 N–H and O–H groups in total. The van der Waals surface area contributed by atoms with Gasteiger partial charge in [0.25, 0.3) is 5.56 Å². The van der Waals surface area contributed by atoms with Gasteiger partial charge in [-0.05, 0) is 34.9 Å². The standard InChI is InChI=1S/C14H13N3O/c1-2-8-3-4-9-7-12-11(6-10(9)5-8)13(18)17-14(15)16-12/h3-7H,2H2,1H3,(H3,15,16,17,18). The van der Waals surface area contributed by atoms with Crippen LogP contribution < -0.4 is 11.3 Å². The monoisotopic (exact) mass is 239 g/mol. The molecule has 3 rings (SSSR count). The van der Waals surface area contributed by atoms with Gasteiger partial charge in [0.2, 0.25) is 5.95 Å². The van der Waals surface area contributed by atoms with Crippen LogP contribution in [0.4, 0.5) is 5.95 Å². The summed E-state index contributed by atoms with van der Waals surface area (Å²) in [5.74, 6) is 0.150. The third-order valence-corrected chi connectivity index (χ3v) is 3.15. The number of H-pyrrole nitrogens is 1. The van der Waals surface area contributed by atoms with E-state index in [2.05, 4.69) is 29.0 Å². The van der Waals surface area contributed by atoms with Crippen molar-refractivity contribution in [2.75, 3.05) is 5.73 Å². The number of aromatic nitrogens is 2. The predicted molar refractivity (Wildman–Crippen MR) is 73.7 cm³/mol. The summed E-state index contributed by atoms with van der Waals surface area (Å²) in [6.45, 7) is 2.11. The zero-order chi connectivity index (χ0) is 12.7. The Hall–Kier alpha value is -2.36. The Morgan fingerprint density at radius 3 is 2.83 bits per heavy atom. The van der Waals surface area contributed by atoms with Crippen molar-refractivity contribution in [3.63, 3.8) is 0 Å². The summed E-state index contributed by atoms with van der Waals surface area (Å²) in [7, 11) is 0. The average Bonchev–Trinajstić information content (AvgIpc) is 2.36. The van der Waals surface area contributed by atoms with Crippen molar-refractivity contribution >= 4 is 27.6 Å². The molecule has 0 radical (unpaired) electrons. The van der Waals surface area contributed by atoms with Gasteiger partial charge in [0.05, 0.1) is 10.9 Å². The van der Waals surface area contributed by atoms with Gasteiger partial charge in [-0.1, -0.05) is 25.1 Å². The summed E-state index contributed by atoms with van der Waals surface area (Å²) in [4.78, 5) is 18.5. The van der Waals surface area contributed by atoms with Crippen LogP contribution >= 0.6 is 0 Å². The van der Waals surface area contributed by atoms with Gasteiger partial charge in [-0.15, -0.1) is 0 Å². The number of benzene rings is 2. The molecule has 4 nitrogen and oxygen atoms in total. The maximum absolute atomic E-state index is 11.8. The summed E-state index contributed by atoms with van der Waals surface area (Å²) in [6.07, 6.45) is 0.977. The molecule has 0 bridgehead atoms. The lowest BCUT2D eigenvalue weighted by molar-refractivity contribution is 1.15. The molecule has 1 aromatic heterocycles. The fourth-order valence-corrected chi connectivity index (χ4v) is 2.17. The highest BCUT2D eigenvalue weighted by atomic mass is 16.1. The molecule has 1 heterocycles. The Labute approximate surface area is 103 Å². The van der Waals surface area contributed by atoms with Gasteiger partial charge in [-0.2, -0.15) is 0 Å². The number of nitrogens with two attached hydrogens (primary N) is 1. The first-order valence-electron chi connectivity index (χ1n) is 5.89. The highest BCUT2D eigenvalue weighted by Gasteiger charge is 2.04. The minimum Gasteiger partial charge on any atom is -0.369 e. The van der Waals surface area contributed by atoms with Gasteiger partial charge in [-0.3, -0.25) is 9.78 Å². The van der Waals surface area contributed by atoms with Gasteiger partial charge in [0, 0.05) is 0 Å². The van der Waals surface area contributed by atoms with Crippen LogP contribution in [0.1, 0.15) is 12.5 Å². The minimum atomic E-state index is -0.193. The number of hydrogen-bond donors (Lipinski definition) is 2. The highest BCUT2D eigenvalue weighted by molar-refractivity contribution is 5.96. The van der Waals surface area contributed by atoms with Crippen molar-refractivity contribution in [3.8, 4) is 0 Å².